The molecule has 0 saturated heterocycles. The first-order valence-electron chi connectivity index (χ1n) is 8.17. The van der Waals surface area contributed by atoms with Crippen molar-refractivity contribution in [3.63, 3.8) is 0 Å². The quantitative estimate of drug-likeness (QED) is 0.561. The molecule has 1 amide bonds. The Labute approximate surface area is 146 Å². The highest BCUT2D eigenvalue weighted by Crippen LogP contribution is 2.23. The van der Waals surface area contributed by atoms with Crippen molar-refractivity contribution in [2.75, 3.05) is 11.1 Å². The van der Waals surface area contributed by atoms with Crippen molar-refractivity contribution < 1.29 is 9.59 Å². The Hall–Kier alpha value is -3.08. The van der Waals surface area contributed by atoms with Gasteiger partial charge in [-0.15, -0.1) is 0 Å². The molecular formula is C20H21N3O2. The maximum atomic E-state index is 12.6. The Morgan fingerprint density at radius 2 is 1.72 bits per heavy atom. The maximum Gasteiger partial charge on any atom is 0.272 e. The van der Waals surface area contributed by atoms with Crippen molar-refractivity contribution in [2.24, 2.45) is 13.0 Å². The molecule has 0 aliphatic heterocycles. The van der Waals surface area contributed by atoms with Gasteiger partial charge in [0, 0.05) is 40.8 Å². The molecule has 0 unspecified atom stereocenters. The van der Waals surface area contributed by atoms with Gasteiger partial charge in [-0.2, -0.15) is 0 Å². The molecule has 0 aliphatic rings. The second-order valence-electron chi connectivity index (χ2n) is 6.46. The lowest BCUT2D eigenvalue weighted by Crippen LogP contribution is -2.15. The van der Waals surface area contributed by atoms with Crippen LogP contribution in [0.5, 0.6) is 0 Å². The monoisotopic (exact) mass is 335 g/mol. The average Bonchev–Trinajstić information content (AvgIpc) is 2.92. The highest BCUT2D eigenvalue weighted by molar-refractivity contribution is 6.07. The van der Waals surface area contributed by atoms with Crippen LogP contribution in [-0.2, 0) is 7.05 Å². The SMILES string of the molecule is CC(C)C(=O)c1ccc2c(c1)cc(C(=O)Nc1ccc(N)cc1)n2C. The first-order valence-corrected chi connectivity index (χ1v) is 8.17. The first kappa shape index (κ1) is 16.8. The van der Waals surface area contributed by atoms with E-state index in [4.69, 9.17) is 5.73 Å². The van der Waals surface area contributed by atoms with Crippen LogP contribution in [0.25, 0.3) is 10.9 Å². The zero-order valence-corrected chi connectivity index (χ0v) is 14.5. The van der Waals surface area contributed by atoms with Gasteiger partial charge in [-0.25, -0.2) is 0 Å². The lowest BCUT2D eigenvalue weighted by Gasteiger charge is -2.07. The van der Waals surface area contributed by atoms with E-state index in [1.54, 1.807) is 30.3 Å². The number of nitrogens with zero attached hydrogens (tertiary/aromatic N) is 1. The number of carbonyl (C=O) groups excluding carboxylic acids is 2. The molecule has 3 N–H and O–H groups in total. The molecule has 3 rings (SSSR count). The van der Waals surface area contributed by atoms with E-state index < -0.39 is 0 Å². The number of anilines is 2. The van der Waals surface area contributed by atoms with Crippen LogP contribution in [0, 0.1) is 5.92 Å². The van der Waals surface area contributed by atoms with E-state index in [1.807, 2.05) is 43.7 Å². The summed E-state index contributed by atoms with van der Waals surface area (Å²) in [5.41, 5.74) is 9.08. The zero-order chi connectivity index (χ0) is 18.1. The molecule has 0 spiro atoms. The number of hydrogen-bond acceptors (Lipinski definition) is 3. The van der Waals surface area contributed by atoms with Crippen molar-refractivity contribution in [2.45, 2.75) is 13.8 Å². The summed E-state index contributed by atoms with van der Waals surface area (Å²) in [6.45, 7) is 3.76. The van der Waals surface area contributed by atoms with Crippen molar-refractivity contribution in [3.05, 3.63) is 59.8 Å². The molecule has 0 radical (unpaired) electrons. The largest absolute Gasteiger partial charge is 0.399 e. The molecular weight excluding hydrogens is 314 g/mol. The third-order valence-corrected chi connectivity index (χ3v) is 4.25. The van der Waals surface area contributed by atoms with Gasteiger partial charge in [0.15, 0.2) is 5.78 Å². The number of amides is 1. The van der Waals surface area contributed by atoms with E-state index in [-0.39, 0.29) is 17.6 Å². The number of ketones is 1. The highest BCUT2D eigenvalue weighted by Gasteiger charge is 2.16. The molecule has 1 heterocycles. The predicted molar refractivity (Wildman–Crippen MR) is 101 cm³/mol. The Morgan fingerprint density at radius 3 is 2.36 bits per heavy atom. The normalized spacial score (nSPS) is 11.0. The van der Waals surface area contributed by atoms with Crippen LogP contribution in [0.15, 0.2) is 48.5 Å². The van der Waals surface area contributed by atoms with Gasteiger partial charge in [0.05, 0.1) is 0 Å². The second kappa shape index (κ2) is 6.43. The summed E-state index contributed by atoms with van der Waals surface area (Å²) < 4.78 is 1.82. The topological polar surface area (TPSA) is 77.1 Å². The fourth-order valence-corrected chi connectivity index (χ4v) is 2.82. The fourth-order valence-electron chi connectivity index (χ4n) is 2.82. The van der Waals surface area contributed by atoms with Gasteiger partial charge in [-0.3, -0.25) is 9.59 Å². The van der Waals surface area contributed by atoms with E-state index in [9.17, 15) is 9.59 Å². The summed E-state index contributed by atoms with van der Waals surface area (Å²) in [5.74, 6) is -0.173. The van der Waals surface area contributed by atoms with Gasteiger partial charge in [-0.05, 0) is 48.5 Å². The van der Waals surface area contributed by atoms with Crippen LogP contribution in [0.4, 0.5) is 11.4 Å². The zero-order valence-electron chi connectivity index (χ0n) is 14.5. The van der Waals surface area contributed by atoms with E-state index >= 15 is 0 Å². The first-order chi connectivity index (χ1) is 11.9. The van der Waals surface area contributed by atoms with Crippen molar-refractivity contribution in [3.8, 4) is 0 Å². The molecule has 0 saturated carbocycles. The molecule has 2 aromatic carbocycles. The minimum Gasteiger partial charge on any atom is -0.399 e. The molecule has 1 aromatic heterocycles. The van der Waals surface area contributed by atoms with E-state index in [1.165, 1.54) is 0 Å². The van der Waals surface area contributed by atoms with Gasteiger partial charge in [0.1, 0.15) is 5.69 Å². The van der Waals surface area contributed by atoms with Crippen LogP contribution < -0.4 is 11.1 Å². The Morgan fingerprint density at radius 1 is 1.04 bits per heavy atom. The van der Waals surface area contributed by atoms with Crippen molar-refractivity contribution in [1.82, 2.24) is 4.57 Å². The maximum absolute atomic E-state index is 12.6. The third-order valence-electron chi connectivity index (χ3n) is 4.25. The fraction of sp³-hybridized carbons (Fsp3) is 0.200. The number of hydrogen-bond donors (Lipinski definition) is 2. The van der Waals surface area contributed by atoms with Gasteiger partial charge < -0.3 is 15.6 Å². The summed E-state index contributed by atoms with van der Waals surface area (Å²) in [6, 6.07) is 14.3. The molecule has 5 heteroatoms. The number of nitrogen functional groups attached to an aromatic ring is 1. The highest BCUT2D eigenvalue weighted by atomic mass is 16.2. The van der Waals surface area contributed by atoms with Crippen LogP contribution >= 0.6 is 0 Å². The minimum absolute atomic E-state index is 0.0607. The van der Waals surface area contributed by atoms with Crippen molar-refractivity contribution >= 4 is 34.0 Å². The van der Waals surface area contributed by atoms with Crippen molar-refractivity contribution in [1.29, 1.82) is 0 Å². The number of aryl methyl sites for hydroxylation is 1. The Balaban J connectivity index is 1.93. The Bertz CT molecular complexity index is 953. The van der Waals surface area contributed by atoms with Crippen LogP contribution in [0.2, 0.25) is 0 Å². The molecule has 0 atom stereocenters. The smallest absolute Gasteiger partial charge is 0.272 e. The third kappa shape index (κ3) is 3.26. The summed E-state index contributed by atoms with van der Waals surface area (Å²) in [7, 11) is 1.84. The number of nitrogens with one attached hydrogen (secondary N) is 1. The molecule has 25 heavy (non-hydrogen) atoms. The number of carbonyl (C=O) groups is 2. The number of nitrogens with two attached hydrogens (primary N) is 1. The summed E-state index contributed by atoms with van der Waals surface area (Å²) in [5, 5.41) is 3.73. The number of aromatic nitrogens is 1. The number of fused-ring (bicyclic) bond motifs is 1. The van der Waals surface area contributed by atoms with Gasteiger partial charge >= 0.3 is 0 Å². The van der Waals surface area contributed by atoms with E-state index in [2.05, 4.69) is 5.32 Å². The molecule has 3 aromatic rings. The Kier molecular flexibility index (Phi) is 4.31. The molecule has 0 bridgehead atoms. The lowest BCUT2D eigenvalue weighted by molar-refractivity contribution is 0.0939. The summed E-state index contributed by atoms with van der Waals surface area (Å²) in [6.07, 6.45) is 0. The van der Waals surface area contributed by atoms with Crippen LogP contribution in [0.3, 0.4) is 0 Å². The summed E-state index contributed by atoms with van der Waals surface area (Å²) >= 11 is 0. The standard InChI is InChI=1S/C20H21N3O2/c1-12(2)19(24)13-4-9-17-14(10-13)11-18(23(17)3)20(25)22-16-7-5-15(21)6-8-16/h4-12H,21H2,1-3H3,(H,22,25). The summed E-state index contributed by atoms with van der Waals surface area (Å²) in [4.78, 5) is 24.8. The van der Waals surface area contributed by atoms with Crippen LogP contribution in [0.1, 0.15) is 34.7 Å². The minimum atomic E-state index is -0.208. The van der Waals surface area contributed by atoms with Gasteiger partial charge in [0.25, 0.3) is 5.91 Å². The number of benzene rings is 2. The molecule has 5 nitrogen and oxygen atoms in total. The number of rotatable bonds is 4. The second-order valence-corrected chi connectivity index (χ2v) is 6.46. The number of Topliss-reactive ketones (excluding diaryl/α,β-unsaturated/α-hetero) is 1. The van der Waals surface area contributed by atoms with E-state index in [0.717, 1.165) is 10.9 Å². The lowest BCUT2D eigenvalue weighted by atomic mass is 10.00. The molecule has 0 aliphatic carbocycles. The van der Waals surface area contributed by atoms with Gasteiger partial charge in [0.2, 0.25) is 0 Å². The molecule has 128 valence electrons. The molecule has 0 fully saturated rings. The van der Waals surface area contributed by atoms with E-state index in [0.29, 0.717) is 22.6 Å². The van der Waals surface area contributed by atoms with Gasteiger partial charge in [-0.1, -0.05) is 13.8 Å². The van der Waals surface area contributed by atoms with Crippen LogP contribution in [-0.4, -0.2) is 16.3 Å². The average molecular weight is 335 g/mol. The predicted octanol–water partition coefficient (Wildman–Crippen LogP) is 3.85.